The second-order valence-electron chi connectivity index (χ2n) is 10.6. The van der Waals surface area contributed by atoms with Gasteiger partial charge in [0.1, 0.15) is 5.75 Å². The van der Waals surface area contributed by atoms with Crippen LogP contribution in [0.15, 0.2) is 48.5 Å². The molecular weight excluding hydrogens is 420 g/mol. The van der Waals surface area contributed by atoms with Crippen LogP contribution in [0.25, 0.3) is 0 Å². The number of rotatable bonds is 6. The topological polar surface area (TPSA) is 32.8 Å². The van der Waals surface area contributed by atoms with Crippen LogP contribution in [0.1, 0.15) is 68.9 Å². The summed E-state index contributed by atoms with van der Waals surface area (Å²) in [4.78, 5) is 18.8. The maximum atomic E-state index is 13.9. The molecule has 2 unspecified atom stereocenters. The fourth-order valence-corrected chi connectivity index (χ4v) is 6.46. The van der Waals surface area contributed by atoms with Gasteiger partial charge in [-0.3, -0.25) is 9.69 Å². The lowest BCUT2D eigenvalue weighted by Crippen LogP contribution is -2.54. The predicted molar refractivity (Wildman–Crippen MR) is 139 cm³/mol. The lowest BCUT2D eigenvalue weighted by Gasteiger charge is -2.44. The van der Waals surface area contributed by atoms with Crippen molar-refractivity contribution in [3.63, 3.8) is 0 Å². The van der Waals surface area contributed by atoms with E-state index < -0.39 is 0 Å². The van der Waals surface area contributed by atoms with Crippen molar-refractivity contribution in [1.82, 2.24) is 4.90 Å². The maximum absolute atomic E-state index is 13.9. The van der Waals surface area contributed by atoms with Crippen LogP contribution in [0.5, 0.6) is 5.75 Å². The van der Waals surface area contributed by atoms with Crippen LogP contribution in [0.4, 0.5) is 5.69 Å². The zero-order valence-corrected chi connectivity index (χ0v) is 20.8. The molecule has 1 aliphatic carbocycles. The zero-order chi connectivity index (χ0) is 23.3. The second kappa shape index (κ2) is 10.9. The molecular formula is C30H40N2O2. The minimum absolute atomic E-state index is 0.207. The van der Waals surface area contributed by atoms with E-state index in [0.29, 0.717) is 11.9 Å². The highest BCUT2D eigenvalue weighted by atomic mass is 16.5. The standard InChI is InChI=1S/C30H40N2O2/c1-34-28-18-14-23(15-19-28)21-26-12-7-8-20-31(26)22-27-17-16-24-9-5-6-13-29(24)32(27)30(33)25-10-3-2-4-11-25/h5-6,9,13-15,18-19,25-27H,2-4,7-8,10-12,16-17,20-22H2,1H3. The molecule has 2 aromatic carbocycles. The Bertz CT molecular complexity index is 951. The molecule has 34 heavy (non-hydrogen) atoms. The summed E-state index contributed by atoms with van der Waals surface area (Å²) in [6, 6.07) is 18.0. The zero-order valence-electron chi connectivity index (χ0n) is 20.8. The Kier molecular flexibility index (Phi) is 7.54. The molecule has 2 aliphatic heterocycles. The van der Waals surface area contributed by atoms with Gasteiger partial charge in [0.05, 0.1) is 7.11 Å². The van der Waals surface area contributed by atoms with Crippen LogP contribution in [0, 0.1) is 5.92 Å². The lowest BCUT2D eigenvalue weighted by molar-refractivity contribution is -0.124. The van der Waals surface area contributed by atoms with E-state index in [1.54, 1.807) is 7.11 Å². The number of carbonyl (C=O) groups is 1. The van der Waals surface area contributed by atoms with E-state index in [2.05, 4.69) is 58.3 Å². The molecule has 0 radical (unpaired) electrons. The molecule has 1 amide bonds. The van der Waals surface area contributed by atoms with Crippen molar-refractivity contribution in [2.24, 2.45) is 5.92 Å². The Labute approximate surface area is 205 Å². The first-order chi connectivity index (χ1) is 16.7. The van der Waals surface area contributed by atoms with Crippen molar-refractivity contribution in [3.8, 4) is 5.75 Å². The first-order valence-corrected chi connectivity index (χ1v) is 13.5. The fourth-order valence-electron chi connectivity index (χ4n) is 6.46. The molecule has 1 saturated heterocycles. The van der Waals surface area contributed by atoms with Crippen molar-refractivity contribution in [3.05, 3.63) is 59.7 Å². The Balaban J connectivity index is 1.35. The summed E-state index contributed by atoms with van der Waals surface area (Å²) < 4.78 is 5.35. The van der Waals surface area contributed by atoms with Crippen molar-refractivity contribution in [1.29, 1.82) is 0 Å². The molecule has 4 nitrogen and oxygen atoms in total. The van der Waals surface area contributed by atoms with Crippen molar-refractivity contribution < 1.29 is 9.53 Å². The first-order valence-electron chi connectivity index (χ1n) is 13.5. The molecule has 0 bridgehead atoms. The van der Waals surface area contributed by atoms with Gasteiger partial charge < -0.3 is 9.64 Å². The van der Waals surface area contributed by atoms with Gasteiger partial charge in [-0.2, -0.15) is 0 Å². The van der Waals surface area contributed by atoms with Gasteiger partial charge in [-0.15, -0.1) is 0 Å². The number of methoxy groups -OCH3 is 1. The summed E-state index contributed by atoms with van der Waals surface area (Å²) >= 11 is 0. The van der Waals surface area contributed by atoms with Crippen LogP contribution in [0.3, 0.4) is 0 Å². The van der Waals surface area contributed by atoms with Gasteiger partial charge in [0, 0.05) is 30.2 Å². The number of benzene rings is 2. The number of nitrogens with zero attached hydrogens (tertiary/aromatic N) is 2. The molecule has 2 atom stereocenters. The largest absolute Gasteiger partial charge is 0.497 e. The third kappa shape index (κ3) is 5.17. The molecule has 0 aromatic heterocycles. The van der Waals surface area contributed by atoms with Crippen LogP contribution < -0.4 is 9.64 Å². The van der Waals surface area contributed by atoms with Gasteiger partial charge in [0.15, 0.2) is 0 Å². The van der Waals surface area contributed by atoms with E-state index in [0.717, 1.165) is 50.9 Å². The number of hydrogen-bond acceptors (Lipinski definition) is 3. The quantitative estimate of drug-likeness (QED) is 0.528. The van der Waals surface area contributed by atoms with Crippen molar-refractivity contribution >= 4 is 11.6 Å². The molecule has 2 heterocycles. The molecule has 182 valence electrons. The third-order valence-electron chi connectivity index (χ3n) is 8.38. The predicted octanol–water partition coefficient (Wildman–Crippen LogP) is 6.02. The Morgan fingerprint density at radius 2 is 1.65 bits per heavy atom. The normalized spacial score (nSPS) is 24.0. The first kappa shape index (κ1) is 23.4. The Morgan fingerprint density at radius 1 is 0.882 bits per heavy atom. The number of amides is 1. The van der Waals surface area contributed by atoms with Gasteiger partial charge in [0.25, 0.3) is 0 Å². The summed E-state index contributed by atoms with van der Waals surface area (Å²) in [5.74, 6) is 1.52. The molecule has 2 aromatic rings. The minimum Gasteiger partial charge on any atom is -0.497 e. The molecule has 1 saturated carbocycles. The summed E-state index contributed by atoms with van der Waals surface area (Å²) in [7, 11) is 1.72. The number of hydrogen-bond donors (Lipinski definition) is 0. The van der Waals surface area contributed by atoms with E-state index in [1.807, 2.05) is 0 Å². The highest BCUT2D eigenvalue weighted by Gasteiger charge is 2.37. The van der Waals surface area contributed by atoms with Gasteiger partial charge in [-0.25, -0.2) is 0 Å². The smallest absolute Gasteiger partial charge is 0.230 e. The highest BCUT2D eigenvalue weighted by molar-refractivity contribution is 5.97. The highest BCUT2D eigenvalue weighted by Crippen LogP contribution is 2.36. The van der Waals surface area contributed by atoms with Crippen LogP contribution >= 0.6 is 0 Å². The number of aryl methyl sites for hydroxylation is 1. The molecule has 0 spiro atoms. The fraction of sp³-hybridized carbons (Fsp3) is 0.567. The monoisotopic (exact) mass is 460 g/mol. The Morgan fingerprint density at radius 3 is 2.44 bits per heavy atom. The SMILES string of the molecule is COc1ccc(CC2CCCCN2CC2CCc3ccccc3N2C(=O)C2CCCCC2)cc1. The van der Waals surface area contributed by atoms with Gasteiger partial charge >= 0.3 is 0 Å². The molecule has 0 N–H and O–H groups in total. The van der Waals surface area contributed by atoms with Crippen LogP contribution in [0.2, 0.25) is 0 Å². The van der Waals surface area contributed by atoms with E-state index >= 15 is 0 Å². The lowest BCUT2D eigenvalue weighted by atomic mass is 9.86. The van der Waals surface area contributed by atoms with E-state index in [4.69, 9.17) is 4.74 Å². The van der Waals surface area contributed by atoms with Gasteiger partial charge in [-0.1, -0.05) is 56.0 Å². The molecule has 2 fully saturated rings. The van der Waals surface area contributed by atoms with E-state index in [9.17, 15) is 4.79 Å². The summed E-state index contributed by atoms with van der Waals surface area (Å²) in [5, 5.41) is 0. The minimum atomic E-state index is 0.207. The number of carbonyl (C=O) groups excluding carboxylic acids is 1. The molecule has 4 heteroatoms. The third-order valence-corrected chi connectivity index (χ3v) is 8.38. The average molecular weight is 461 g/mol. The van der Waals surface area contributed by atoms with Crippen molar-refractivity contribution in [2.45, 2.75) is 82.7 Å². The van der Waals surface area contributed by atoms with Crippen LogP contribution in [-0.2, 0) is 17.6 Å². The number of ether oxygens (including phenoxy) is 1. The van der Waals surface area contributed by atoms with E-state index in [-0.39, 0.29) is 12.0 Å². The van der Waals surface area contributed by atoms with Gasteiger partial charge in [-0.05, 0) is 80.8 Å². The van der Waals surface area contributed by atoms with Crippen molar-refractivity contribution in [2.75, 3.05) is 25.1 Å². The number of piperidine rings is 1. The number of likely N-dealkylation sites (tertiary alicyclic amines) is 1. The maximum Gasteiger partial charge on any atom is 0.230 e. The van der Waals surface area contributed by atoms with E-state index in [1.165, 1.54) is 55.3 Å². The Hall–Kier alpha value is -2.33. The van der Waals surface area contributed by atoms with Crippen LogP contribution in [-0.4, -0.2) is 43.1 Å². The average Bonchev–Trinajstić information content (AvgIpc) is 2.90. The summed E-state index contributed by atoms with van der Waals surface area (Å²) in [5.41, 5.74) is 3.90. The number of anilines is 1. The second-order valence-corrected chi connectivity index (χ2v) is 10.6. The number of fused-ring (bicyclic) bond motifs is 1. The van der Waals surface area contributed by atoms with Gasteiger partial charge in [0.2, 0.25) is 5.91 Å². The molecule has 5 rings (SSSR count). The summed E-state index contributed by atoms with van der Waals surface area (Å²) in [6.45, 7) is 2.14. The molecule has 3 aliphatic rings. The number of para-hydroxylation sites is 1. The summed E-state index contributed by atoms with van der Waals surface area (Å²) in [6.07, 6.45) is 12.8.